The van der Waals surface area contributed by atoms with Gasteiger partial charge in [0, 0.05) is 30.7 Å². The van der Waals surface area contributed by atoms with E-state index in [0.29, 0.717) is 30.3 Å². The maximum Gasteiger partial charge on any atom is 0.328 e. The lowest BCUT2D eigenvalue weighted by molar-refractivity contribution is -0.134. The van der Waals surface area contributed by atoms with Crippen LogP contribution in [0.1, 0.15) is 52.7 Å². The molecule has 0 radical (unpaired) electrons. The highest BCUT2D eigenvalue weighted by molar-refractivity contribution is 5.96. The number of fused-ring (bicyclic) bond motifs is 1. The van der Waals surface area contributed by atoms with Crippen molar-refractivity contribution in [3.63, 3.8) is 0 Å². The summed E-state index contributed by atoms with van der Waals surface area (Å²) in [5.41, 5.74) is 5.09. The highest BCUT2D eigenvalue weighted by atomic mass is 16.4. The summed E-state index contributed by atoms with van der Waals surface area (Å²) in [6.07, 6.45) is 7.40. The Balaban J connectivity index is 0.000000392. The third kappa shape index (κ3) is 9.40. The minimum atomic E-state index is -1.26. The second-order valence-electron chi connectivity index (χ2n) is 9.41. The molecule has 7 nitrogen and oxygen atoms in total. The first-order valence-corrected chi connectivity index (χ1v) is 12.7. The third-order valence-electron chi connectivity index (χ3n) is 6.77. The maximum atomic E-state index is 12.7. The molecule has 0 bridgehead atoms. The molecule has 192 valence electrons. The predicted molar refractivity (Wildman–Crippen MR) is 139 cm³/mol. The number of hydrogen-bond acceptors (Lipinski definition) is 5. The van der Waals surface area contributed by atoms with Crippen LogP contribution in [-0.2, 0) is 29.0 Å². The molecule has 0 spiro atoms. The molecule has 4 rings (SSSR count). The van der Waals surface area contributed by atoms with Crippen LogP contribution in [0.3, 0.4) is 0 Å². The van der Waals surface area contributed by atoms with Gasteiger partial charge in [0.15, 0.2) is 5.78 Å². The van der Waals surface area contributed by atoms with E-state index in [1.54, 1.807) is 0 Å². The Morgan fingerprint density at radius 1 is 0.889 bits per heavy atom. The van der Waals surface area contributed by atoms with Gasteiger partial charge in [-0.1, -0.05) is 42.5 Å². The molecule has 36 heavy (non-hydrogen) atoms. The summed E-state index contributed by atoms with van der Waals surface area (Å²) in [4.78, 5) is 34.4. The summed E-state index contributed by atoms with van der Waals surface area (Å²) in [6.45, 7) is 5.42. The van der Waals surface area contributed by atoms with Crippen molar-refractivity contribution in [2.24, 2.45) is 5.92 Å². The van der Waals surface area contributed by atoms with Crippen LogP contribution < -0.4 is 5.32 Å². The fourth-order valence-corrected chi connectivity index (χ4v) is 4.74. The van der Waals surface area contributed by atoms with Gasteiger partial charge in [-0.15, -0.1) is 0 Å². The van der Waals surface area contributed by atoms with Crippen LogP contribution >= 0.6 is 0 Å². The number of likely N-dealkylation sites (tertiary alicyclic amines) is 1. The zero-order chi connectivity index (χ0) is 25.8. The van der Waals surface area contributed by atoms with Crippen LogP contribution in [0, 0.1) is 5.92 Å². The van der Waals surface area contributed by atoms with Gasteiger partial charge < -0.3 is 15.5 Å². The lowest BCUT2D eigenvalue weighted by Crippen LogP contribution is -2.33. The second kappa shape index (κ2) is 14.3. The molecule has 1 saturated heterocycles. The lowest BCUT2D eigenvalue weighted by Gasteiger charge is -2.32. The van der Waals surface area contributed by atoms with E-state index in [2.05, 4.69) is 58.7 Å². The molecule has 2 aromatic carbocycles. The van der Waals surface area contributed by atoms with Gasteiger partial charge in [-0.05, 0) is 87.0 Å². The van der Waals surface area contributed by atoms with Gasteiger partial charge in [-0.3, -0.25) is 9.69 Å². The SMILES string of the molecule is O=C(CCC1CCN(Cc2ccccc2)CC1)c1ccc2c(c1)CCNCC2.O=C(O)/C=C/C(=O)O. The average molecular weight is 493 g/mol. The Labute approximate surface area is 212 Å². The molecule has 0 aliphatic carbocycles. The Hall–Kier alpha value is -3.29. The largest absolute Gasteiger partial charge is 0.478 e. The highest BCUT2D eigenvalue weighted by Gasteiger charge is 2.20. The number of ketones is 1. The first-order valence-electron chi connectivity index (χ1n) is 12.7. The Bertz CT molecular complexity index is 1030. The molecule has 0 unspecified atom stereocenters. The fourth-order valence-electron chi connectivity index (χ4n) is 4.74. The molecule has 2 aliphatic heterocycles. The average Bonchev–Trinajstić information content (AvgIpc) is 3.13. The lowest BCUT2D eigenvalue weighted by atomic mass is 9.89. The van der Waals surface area contributed by atoms with Crippen LogP contribution in [0.25, 0.3) is 0 Å². The van der Waals surface area contributed by atoms with Gasteiger partial charge in [0.1, 0.15) is 0 Å². The van der Waals surface area contributed by atoms with Gasteiger partial charge in [0.25, 0.3) is 0 Å². The summed E-state index contributed by atoms with van der Waals surface area (Å²) in [6, 6.07) is 17.1. The first kappa shape index (κ1) is 27.3. The zero-order valence-corrected chi connectivity index (χ0v) is 20.7. The number of Topliss-reactive ketones (excluding diaryl/α,β-unsaturated/α-hetero) is 1. The van der Waals surface area contributed by atoms with Crippen molar-refractivity contribution in [1.82, 2.24) is 10.2 Å². The van der Waals surface area contributed by atoms with Crippen LogP contribution in [0.15, 0.2) is 60.7 Å². The van der Waals surface area contributed by atoms with Crippen molar-refractivity contribution >= 4 is 17.7 Å². The van der Waals surface area contributed by atoms with Crippen molar-refractivity contribution in [1.29, 1.82) is 0 Å². The van der Waals surface area contributed by atoms with Crippen LogP contribution in [0.4, 0.5) is 0 Å². The maximum absolute atomic E-state index is 12.7. The molecular weight excluding hydrogens is 456 g/mol. The Morgan fingerprint density at radius 3 is 2.17 bits per heavy atom. The van der Waals surface area contributed by atoms with Crippen molar-refractivity contribution in [3.8, 4) is 0 Å². The molecule has 3 N–H and O–H groups in total. The summed E-state index contributed by atoms with van der Waals surface area (Å²) in [7, 11) is 0. The number of carboxylic acid groups (broad SMARTS) is 2. The molecule has 0 amide bonds. The van der Waals surface area contributed by atoms with Crippen molar-refractivity contribution < 1.29 is 24.6 Å². The van der Waals surface area contributed by atoms with Gasteiger partial charge in [-0.25, -0.2) is 9.59 Å². The van der Waals surface area contributed by atoms with Gasteiger partial charge in [0.05, 0.1) is 0 Å². The van der Waals surface area contributed by atoms with Crippen molar-refractivity contribution in [3.05, 3.63) is 82.9 Å². The predicted octanol–water partition coefficient (Wildman–Crippen LogP) is 3.96. The standard InChI is InChI=1S/C25H32N2O.C4H4O4/c28-25(24-8-7-22-10-14-26-15-11-23(22)18-24)9-6-20-12-16-27(17-13-20)19-21-4-2-1-3-5-21;5-3(6)1-2-4(7)8/h1-5,7-8,18,20,26H,6,9-17,19H2;1-2H,(H,5,6)(H,7,8)/b;2-1+. The smallest absolute Gasteiger partial charge is 0.328 e. The van der Waals surface area contributed by atoms with Crippen LogP contribution in [0.2, 0.25) is 0 Å². The number of carboxylic acids is 2. The second-order valence-corrected chi connectivity index (χ2v) is 9.41. The topological polar surface area (TPSA) is 107 Å². The highest BCUT2D eigenvalue weighted by Crippen LogP contribution is 2.24. The number of nitrogens with zero attached hydrogens (tertiary/aromatic N) is 1. The van der Waals surface area contributed by atoms with E-state index < -0.39 is 11.9 Å². The number of carbonyl (C=O) groups excluding carboxylic acids is 1. The fraction of sp³-hybridized carbons (Fsp3) is 0.414. The van der Waals surface area contributed by atoms with Crippen molar-refractivity contribution in [2.75, 3.05) is 26.2 Å². The van der Waals surface area contributed by atoms with E-state index in [-0.39, 0.29) is 0 Å². The number of aliphatic carboxylic acids is 2. The Morgan fingerprint density at radius 2 is 1.53 bits per heavy atom. The molecule has 2 aromatic rings. The normalized spacial score (nSPS) is 16.4. The van der Waals surface area contributed by atoms with E-state index in [1.807, 2.05) is 0 Å². The molecule has 0 saturated carbocycles. The molecule has 2 heterocycles. The number of hydrogen-bond donors (Lipinski definition) is 3. The number of piperidine rings is 1. The van der Waals surface area contributed by atoms with E-state index in [0.717, 1.165) is 57.5 Å². The van der Waals surface area contributed by atoms with Gasteiger partial charge in [0.2, 0.25) is 0 Å². The molecule has 0 aromatic heterocycles. The van der Waals surface area contributed by atoms with Gasteiger partial charge >= 0.3 is 11.9 Å². The van der Waals surface area contributed by atoms with E-state index in [1.165, 1.54) is 29.5 Å². The minimum Gasteiger partial charge on any atom is -0.478 e. The molecule has 0 atom stereocenters. The number of nitrogens with one attached hydrogen (secondary N) is 1. The van der Waals surface area contributed by atoms with E-state index >= 15 is 0 Å². The summed E-state index contributed by atoms with van der Waals surface area (Å²) in [5.74, 6) is -1.49. The monoisotopic (exact) mass is 492 g/mol. The van der Waals surface area contributed by atoms with Crippen molar-refractivity contribution in [2.45, 2.75) is 45.1 Å². The molecule has 2 aliphatic rings. The summed E-state index contributed by atoms with van der Waals surface area (Å²) >= 11 is 0. The van der Waals surface area contributed by atoms with E-state index in [4.69, 9.17) is 10.2 Å². The summed E-state index contributed by atoms with van der Waals surface area (Å²) < 4.78 is 0. The summed E-state index contributed by atoms with van der Waals surface area (Å²) in [5, 5.41) is 19.1. The van der Waals surface area contributed by atoms with Crippen LogP contribution in [0.5, 0.6) is 0 Å². The molecule has 7 heteroatoms. The minimum absolute atomic E-state index is 0.326. The Kier molecular flexibility index (Phi) is 10.9. The molecular formula is C29H36N2O5. The number of benzene rings is 2. The number of carbonyl (C=O) groups is 3. The number of rotatable bonds is 8. The van der Waals surface area contributed by atoms with Gasteiger partial charge in [-0.2, -0.15) is 0 Å². The zero-order valence-electron chi connectivity index (χ0n) is 20.7. The van der Waals surface area contributed by atoms with Crippen LogP contribution in [-0.4, -0.2) is 59.0 Å². The third-order valence-corrected chi connectivity index (χ3v) is 6.77. The molecule has 1 fully saturated rings. The quantitative estimate of drug-likeness (QED) is 0.378. The first-order chi connectivity index (χ1) is 17.4. The van der Waals surface area contributed by atoms with E-state index in [9.17, 15) is 14.4 Å².